The van der Waals surface area contributed by atoms with Crippen molar-refractivity contribution in [2.75, 3.05) is 7.11 Å². The Kier molecular flexibility index (Phi) is 3.86. The number of phenolic OH excluding ortho intramolecular Hbond substituents is 1. The lowest BCUT2D eigenvalue weighted by Crippen LogP contribution is -2.36. The van der Waals surface area contributed by atoms with Crippen LogP contribution in [0.15, 0.2) is 40.7 Å². The van der Waals surface area contributed by atoms with Crippen LogP contribution in [0.5, 0.6) is 11.5 Å². The van der Waals surface area contributed by atoms with Crippen molar-refractivity contribution in [2.45, 2.75) is 44.4 Å². The van der Waals surface area contributed by atoms with Gasteiger partial charge in [-0.1, -0.05) is 12.1 Å². The van der Waals surface area contributed by atoms with Crippen LogP contribution in [-0.4, -0.2) is 23.8 Å². The van der Waals surface area contributed by atoms with Crippen molar-refractivity contribution in [1.82, 2.24) is 5.32 Å². The van der Waals surface area contributed by atoms with E-state index in [1.54, 1.807) is 18.2 Å². The van der Waals surface area contributed by atoms with Crippen LogP contribution in [0, 0.1) is 0 Å². The van der Waals surface area contributed by atoms with Crippen molar-refractivity contribution < 1.29 is 19.4 Å². The molecule has 0 unspecified atom stereocenters. The number of ether oxygens (including phenoxy) is 1. The average Bonchev–Trinajstić information content (AvgIpc) is 2.61. The summed E-state index contributed by atoms with van der Waals surface area (Å²) >= 11 is 0. The summed E-state index contributed by atoms with van der Waals surface area (Å²) in [5.74, 6) is -0.0158. The van der Waals surface area contributed by atoms with Crippen molar-refractivity contribution in [1.29, 1.82) is 0 Å². The number of allylic oxidation sites excluding steroid dienone is 4. The number of phenols is 1. The second-order valence-electron chi connectivity index (χ2n) is 6.79. The molecule has 0 saturated heterocycles. The first-order valence-corrected chi connectivity index (χ1v) is 8.77. The van der Waals surface area contributed by atoms with Crippen molar-refractivity contribution in [3.8, 4) is 11.5 Å². The molecule has 5 nitrogen and oxygen atoms in total. The van der Waals surface area contributed by atoms with Gasteiger partial charge in [0.05, 0.1) is 7.11 Å². The number of rotatable bonds is 2. The smallest absolute Gasteiger partial charge is 0.161 e. The van der Waals surface area contributed by atoms with Crippen LogP contribution in [0.25, 0.3) is 0 Å². The molecule has 0 atom stereocenters. The van der Waals surface area contributed by atoms with Gasteiger partial charge < -0.3 is 15.2 Å². The largest absolute Gasteiger partial charge is 0.504 e. The molecule has 130 valence electrons. The number of carbonyl (C=O) groups excluding carboxylic acids is 2. The summed E-state index contributed by atoms with van der Waals surface area (Å²) in [6.07, 6.45) is 4.20. The topological polar surface area (TPSA) is 75.6 Å². The first-order chi connectivity index (χ1) is 12.1. The second kappa shape index (κ2) is 6.06. The van der Waals surface area contributed by atoms with Crippen molar-refractivity contribution in [2.24, 2.45) is 0 Å². The first-order valence-electron chi connectivity index (χ1n) is 8.77. The molecule has 1 heterocycles. The Balaban J connectivity index is 1.95. The Bertz CT molecular complexity index is 792. The number of hydrogen-bond acceptors (Lipinski definition) is 5. The van der Waals surface area contributed by atoms with E-state index in [2.05, 4.69) is 5.32 Å². The lowest BCUT2D eigenvalue weighted by atomic mass is 9.71. The molecule has 0 radical (unpaired) electrons. The number of nitrogens with one attached hydrogen (secondary N) is 1. The van der Waals surface area contributed by atoms with Gasteiger partial charge in [-0.05, 0) is 31.7 Å². The number of aromatic hydroxyl groups is 1. The average molecular weight is 339 g/mol. The SMILES string of the molecule is COc1cccc(C2C3=C(CCCC3=O)NC3=C2C(=O)CCC3)c1O. The van der Waals surface area contributed by atoms with E-state index < -0.39 is 5.92 Å². The van der Waals surface area contributed by atoms with E-state index in [0.717, 1.165) is 37.1 Å². The van der Waals surface area contributed by atoms with Crippen LogP contribution >= 0.6 is 0 Å². The van der Waals surface area contributed by atoms with Crippen LogP contribution < -0.4 is 10.1 Å². The van der Waals surface area contributed by atoms with E-state index in [1.807, 2.05) is 0 Å². The van der Waals surface area contributed by atoms with Gasteiger partial charge in [0.1, 0.15) is 0 Å². The second-order valence-corrected chi connectivity index (χ2v) is 6.79. The van der Waals surface area contributed by atoms with Crippen LogP contribution in [0.1, 0.15) is 50.0 Å². The van der Waals surface area contributed by atoms with E-state index in [0.29, 0.717) is 35.3 Å². The fourth-order valence-electron chi connectivity index (χ4n) is 4.23. The summed E-state index contributed by atoms with van der Waals surface area (Å²) in [7, 11) is 1.49. The highest BCUT2D eigenvalue weighted by atomic mass is 16.5. The van der Waals surface area contributed by atoms with E-state index in [4.69, 9.17) is 4.74 Å². The standard InChI is InChI=1S/C20H21NO4/c1-25-16-10-2-5-11(20(16)24)17-18-12(6-3-8-14(18)22)21-13-7-4-9-15(23)19(13)17/h2,5,10,17,21,24H,3-4,6-9H2,1H3. The predicted molar refractivity (Wildman–Crippen MR) is 92.3 cm³/mol. The third kappa shape index (κ3) is 2.46. The molecule has 0 bridgehead atoms. The number of ketones is 2. The summed E-state index contributed by atoms with van der Waals surface area (Å²) in [5, 5.41) is 14.1. The molecule has 0 spiro atoms. The molecule has 5 heteroatoms. The minimum atomic E-state index is -0.498. The van der Waals surface area contributed by atoms with Gasteiger partial charge in [-0.15, -0.1) is 0 Å². The zero-order valence-electron chi connectivity index (χ0n) is 14.2. The fraction of sp³-hybridized carbons (Fsp3) is 0.400. The van der Waals surface area contributed by atoms with Crippen molar-refractivity contribution in [3.63, 3.8) is 0 Å². The third-order valence-corrected chi connectivity index (χ3v) is 5.35. The summed E-state index contributed by atoms with van der Waals surface area (Å²) < 4.78 is 5.23. The molecule has 4 rings (SSSR count). The Morgan fingerprint density at radius 3 is 2.16 bits per heavy atom. The Hall–Kier alpha value is -2.56. The molecule has 0 saturated carbocycles. The van der Waals surface area contributed by atoms with Gasteiger partial charge in [0, 0.05) is 46.9 Å². The summed E-state index contributed by atoms with van der Waals surface area (Å²) in [5.41, 5.74) is 3.69. The molecule has 3 aliphatic rings. The van der Waals surface area contributed by atoms with Gasteiger partial charge >= 0.3 is 0 Å². The van der Waals surface area contributed by atoms with Crippen LogP contribution in [0.4, 0.5) is 0 Å². The van der Waals surface area contributed by atoms with E-state index in [1.165, 1.54) is 7.11 Å². The highest BCUT2D eigenvalue weighted by molar-refractivity contribution is 6.06. The molecule has 1 aliphatic heterocycles. The Labute approximate surface area is 146 Å². The van der Waals surface area contributed by atoms with Gasteiger partial charge in [0.15, 0.2) is 23.1 Å². The summed E-state index contributed by atoms with van der Waals surface area (Å²) in [4.78, 5) is 25.4. The van der Waals surface area contributed by atoms with Crippen LogP contribution in [0.2, 0.25) is 0 Å². The summed E-state index contributed by atoms with van der Waals surface area (Å²) in [6, 6.07) is 5.25. The molecule has 0 amide bonds. The van der Waals surface area contributed by atoms with Crippen LogP contribution in [-0.2, 0) is 9.59 Å². The molecule has 0 fully saturated rings. The molecule has 2 N–H and O–H groups in total. The minimum absolute atomic E-state index is 0.00680. The molecular formula is C20H21NO4. The number of hydrogen-bond donors (Lipinski definition) is 2. The maximum atomic E-state index is 12.7. The number of methoxy groups -OCH3 is 1. The zero-order valence-corrected chi connectivity index (χ0v) is 14.2. The van der Waals surface area contributed by atoms with E-state index in [9.17, 15) is 14.7 Å². The van der Waals surface area contributed by atoms with Crippen molar-refractivity contribution >= 4 is 11.6 Å². The zero-order chi connectivity index (χ0) is 17.6. The highest BCUT2D eigenvalue weighted by Gasteiger charge is 2.41. The Morgan fingerprint density at radius 1 is 1.00 bits per heavy atom. The lowest BCUT2D eigenvalue weighted by Gasteiger charge is -2.37. The van der Waals surface area contributed by atoms with Gasteiger partial charge in [-0.3, -0.25) is 9.59 Å². The third-order valence-electron chi connectivity index (χ3n) is 5.35. The van der Waals surface area contributed by atoms with E-state index in [-0.39, 0.29) is 17.3 Å². The van der Waals surface area contributed by atoms with Gasteiger partial charge in [-0.25, -0.2) is 0 Å². The fourth-order valence-corrected chi connectivity index (χ4v) is 4.23. The minimum Gasteiger partial charge on any atom is -0.504 e. The molecular weight excluding hydrogens is 318 g/mol. The number of dihydropyridines is 1. The van der Waals surface area contributed by atoms with Gasteiger partial charge in [0.2, 0.25) is 0 Å². The maximum Gasteiger partial charge on any atom is 0.161 e. The molecule has 25 heavy (non-hydrogen) atoms. The normalized spacial score (nSPS) is 21.0. The highest BCUT2D eigenvalue weighted by Crippen LogP contribution is 2.48. The summed E-state index contributed by atoms with van der Waals surface area (Å²) in [6.45, 7) is 0. The van der Waals surface area contributed by atoms with E-state index >= 15 is 0 Å². The number of Topliss-reactive ketones (excluding diaryl/α,β-unsaturated/α-hetero) is 2. The number of carbonyl (C=O) groups is 2. The quantitative estimate of drug-likeness (QED) is 0.866. The van der Waals surface area contributed by atoms with Gasteiger partial charge in [0.25, 0.3) is 0 Å². The number of para-hydroxylation sites is 1. The molecule has 1 aromatic carbocycles. The Morgan fingerprint density at radius 2 is 1.60 bits per heavy atom. The predicted octanol–water partition coefficient (Wildman–Crippen LogP) is 3.10. The van der Waals surface area contributed by atoms with Crippen LogP contribution in [0.3, 0.4) is 0 Å². The maximum absolute atomic E-state index is 12.7. The first kappa shape index (κ1) is 15.9. The molecule has 1 aromatic rings. The molecule has 2 aliphatic carbocycles. The lowest BCUT2D eigenvalue weighted by molar-refractivity contribution is -0.116. The van der Waals surface area contributed by atoms with Crippen molar-refractivity contribution in [3.05, 3.63) is 46.3 Å². The monoisotopic (exact) mass is 339 g/mol. The van der Waals surface area contributed by atoms with Gasteiger partial charge in [-0.2, -0.15) is 0 Å². The number of benzene rings is 1. The molecule has 0 aromatic heterocycles.